The first-order valence-corrected chi connectivity index (χ1v) is 13.9. The highest BCUT2D eigenvalue weighted by atomic mass is 32.1. The molecule has 0 atom stereocenters. The summed E-state index contributed by atoms with van der Waals surface area (Å²) in [5.74, 6) is 1.12. The van der Waals surface area contributed by atoms with Crippen molar-refractivity contribution >= 4 is 34.6 Å². The second-order valence-electron chi connectivity index (χ2n) is 10.5. The summed E-state index contributed by atoms with van der Waals surface area (Å²) in [6.45, 7) is 4.77. The van der Waals surface area contributed by atoms with Crippen LogP contribution in [0.25, 0.3) is 0 Å². The smallest absolute Gasteiger partial charge is 0.417 e. The van der Waals surface area contributed by atoms with E-state index < -0.39 is 22.8 Å². The Bertz CT molecular complexity index is 1310. The summed E-state index contributed by atoms with van der Waals surface area (Å²) in [7, 11) is 0. The van der Waals surface area contributed by atoms with Crippen molar-refractivity contribution in [1.82, 2.24) is 5.32 Å². The molecule has 2 heterocycles. The molecule has 5 rings (SSSR count). The number of anilines is 2. The summed E-state index contributed by atoms with van der Waals surface area (Å²) >= 11 is 5.75. The predicted molar refractivity (Wildman–Crippen MR) is 147 cm³/mol. The van der Waals surface area contributed by atoms with Gasteiger partial charge in [-0.2, -0.15) is 18.4 Å². The third-order valence-corrected chi connectivity index (χ3v) is 8.57. The average molecular weight is 557 g/mol. The molecule has 2 aromatic rings. The molecule has 6 nitrogen and oxygen atoms in total. The lowest BCUT2D eigenvalue weighted by Crippen LogP contribution is -2.55. The van der Waals surface area contributed by atoms with Crippen molar-refractivity contribution in [1.29, 1.82) is 5.26 Å². The Morgan fingerprint density at radius 3 is 2.49 bits per heavy atom. The van der Waals surface area contributed by atoms with Gasteiger partial charge >= 0.3 is 6.18 Å². The standard InChI is InChI=1S/C29H31F3N4O2S/c1-2-20-16-23(6-7-25(20)38-15-10-19-8-13-34-14-9-19)36-27(39)35(26(37)28(36)11-3-12-28)22-5-4-21(18-33)24(17-22)29(30,31)32/h4-7,16-17,19,34H,2-3,8-15H2,1H3. The summed E-state index contributed by atoms with van der Waals surface area (Å²) in [4.78, 5) is 16.8. The van der Waals surface area contributed by atoms with Gasteiger partial charge in [0.2, 0.25) is 0 Å². The third-order valence-electron chi connectivity index (χ3n) is 8.21. The van der Waals surface area contributed by atoms with Crippen LogP contribution in [0.5, 0.6) is 5.75 Å². The first-order chi connectivity index (χ1) is 18.7. The Morgan fingerprint density at radius 1 is 1.15 bits per heavy atom. The highest BCUT2D eigenvalue weighted by molar-refractivity contribution is 7.81. The van der Waals surface area contributed by atoms with E-state index in [2.05, 4.69) is 5.32 Å². The zero-order valence-corrected chi connectivity index (χ0v) is 22.6. The van der Waals surface area contributed by atoms with E-state index in [1.807, 2.05) is 25.1 Å². The second kappa shape index (κ2) is 10.8. The number of hydrogen-bond donors (Lipinski definition) is 1. The number of ether oxygens (including phenoxy) is 1. The maximum absolute atomic E-state index is 13.8. The first kappa shape index (κ1) is 27.4. The monoisotopic (exact) mass is 556 g/mol. The van der Waals surface area contributed by atoms with Crippen LogP contribution in [0.15, 0.2) is 36.4 Å². The van der Waals surface area contributed by atoms with Crippen molar-refractivity contribution in [3.05, 3.63) is 53.1 Å². The van der Waals surface area contributed by atoms with Gasteiger partial charge in [-0.25, -0.2) is 0 Å². The van der Waals surface area contributed by atoms with Crippen LogP contribution in [0.4, 0.5) is 24.5 Å². The number of alkyl halides is 3. The molecule has 0 unspecified atom stereocenters. The lowest BCUT2D eigenvalue weighted by atomic mass is 9.75. The van der Waals surface area contributed by atoms with E-state index in [1.165, 1.54) is 11.0 Å². The Balaban J connectivity index is 1.42. The average Bonchev–Trinajstić information content (AvgIpc) is 3.15. The lowest BCUT2D eigenvalue weighted by Gasteiger charge is -2.43. The Morgan fingerprint density at radius 2 is 1.87 bits per heavy atom. The van der Waals surface area contributed by atoms with Gasteiger partial charge in [0.1, 0.15) is 11.3 Å². The molecular weight excluding hydrogens is 525 g/mol. The van der Waals surface area contributed by atoms with Crippen LogP contribution in [-0.4, -0.2) is 36.3 Å². The van der Waals surface area contributed by atoms with E-state index in [1.54, 1.807) is 11.0 Å². The van der Waals surface area contributed by atoms with Gasteiger partial charge in [-0.1, -0.05) is 6.92 Å². The molecule has 0 aromatic heterocycles. The van der Waals surface area contributed by atoms with E-state index in [0.717, 1.165) is 67.9 Å². The number of nitriles is 1. The predicted octanol–water partition coefficient (Wildman–Crippen LogP) is 5.97. The normalized spacial score (nSPS) is 19.4. The molecule has 2 aromatic carbocycles. The van der Waals surface area contributed by atoms with Crippen LogP contribution >= 0.6 is 12.2 Å². The zero-order chi connectivity index (χ0) is 27.8. The van der Waals surface area contributed by atoms with Gasteiger partial charge < -0.3 is 15.0 Å². The minimum atomic E-state index is -4.74. The van der Waals surface area contributed by atoms with Crippen molar-refractivity contribution in [2.45, 2.75) is 63.6 Å². The van der Waals surface area contributed by atoms with Crippen molar-refractivity contribution in [3.8, 4) is 11.8 Å². The fourth-order valence-electron chi connectivity index (χ4n) is 5.84. The summed E-state index contributed by atoms with van der Waals surface area (Å²) in [5.41, 5.74) is -0.785. The van der Waals surface area contributed by atoms with Gasteiger partial charge in [-0.05, 0) is 118 Å². The Hall–Kier alpha value is -3.16. The van der Waals surface area contributed by atoms with E-state index in [9.17, 15) is 23.2 Å². The van der Waals surface area contributed by atoms with Gasteiger partial charge in [0.15, 0.2) is 5.11 Å². The van der Waals surface area contributed by atoms with Gasteiger partial charge in [0.05, 0.1) is 29.5 Å². The number of carbonyl (C=O) groups is 1. The number of rotatable bonds is 7. The number of halogens is 3. The molecule has 10 heteroatoms. The molecule has 0 bridgehead atoms. The fraction of sp³-hybridized carbons (Fsp3) is 0.483. The summed E-state index contributed by atoms with van der Waals surface area (Å²) in [6.07, 6.45) is 1.22. The third kappa shape index (κ3) is 4.98. The second-order valence-corrected chi connectivity index (χ2v) is 10.8. The number of amides is 1. The Kier molecular flexibility index (Phi) is 7.57. The van der Waals surface area contributed by atoms with Crippen molar-refractivity contribution < 1.29 is 22.7 Å². The molecule has 3 fully saturated rings. The SMILES string of the molecule is CCc1cc(N2C(=S)N(c3ccc(C#N)c(C(F)(F)F)c3)C(=O)C23CCC3)ccc1OCCC1CCNCC1. The van der Waals surface area contributed by atoms with E-state index in [4.69, 9.17) is 17.0 Å². The van der Waals surface area contributed by atoms with E-state index in [0.29, 0.717) is 31.8 Å². The summed E-state index contributed by atoms with van der Waals surface area (Å²) < 4.78 is 47.2. The molecule has 1 saturated carbocycles. The van der Waals surface area contributed by atoms with Crippen LogP contribution in [-0.2, 0) is 17.4 Å². The number of aryl methyl sites for hydroxylation is 1. The summed E-state index contributed by atoms with van der Waals surface area (Å²) in [5, 5.41) is 12.7. The van der Waals surface area contributed by atoms with E-state index >= 15 is 0 Å². The first-order valence-electron chi connectivity index (χ1n) is 13.5. The molecule has 0 radical (unpaired) electrons. The van der Waals surface area contributed by atoms with E-state index in [-0.39, 0.29) is 16.7 Å². The van der Waals surface area contributed by atoms with Gasteiger partial charge in [0, 0.05) is 5.69 Å². The van der Waals surface area contributed by atoms with Crippen LogP contribution in [0, 0.1) is 17.2 Å². The van der Waals surface area contributed by atoms with Gasteiger partial charge in [-0.3, -0.25) is 9.69 Å². The molecule has 1 aliphatic carbocycles. The largest absolute Gasteiger partial charge is 0.493 e. The molecular formula is C29H31F3N4O2S. The number of piperidine rings is 1. The van der Waals surface area contributed by atoms with Crippen molar-refractivity contribution in [2.24, 2.45) is 5.92 Å². The molecule has 1 N–H and O–H groups in total. The maximum Gasteiger partial charge on any atom is 0.417 e. The molecule has 1 amide bonds. The Labute approximate surface area is 231 Å². The quantitative estimate of drug-likeness (QED) is 0.424. The van der Waals surface area contributed by atoms with Crippen LogP contribution in [0.3, 0.4) is 0 Å². The van der Waals surface area contributed by atoms with Crippen LogP contribution in [0.1, 0.15) is 62.1 Å². The molecule has 1 spiro atoms. The molecule has 39 heavy (non-hydrogen) atoms. The topological polar surface area (TPSA) is 68.6 Å². The number of carbonyl (C=O) groups excluding carboxylic acids is 1. The highest BCUT2D eigenvalue weighted by Gasteiger charge is 2.59. The molecule has 3 aliphatic rings. The number of benzene rings is 2. The minimum absolute atomic E-state index is 0.0127. The molecule has 2 saturated heterocycles. The number of nitrogens with zero attached hydrogens (tertiary/aromatic N) is 3. The van der Waals surface area contributed by atoms with Crippen molar-refractivity contribution in [2.75, 3.05) is 29.5 Å². The number of nitrogens with one attached hydrogen (secondary N) is 1. The fourth-order valence-corrected chi connectivity index (χ4v) is 6.31. The summed E-state index contributed by atoms with van der Waals surface area (Å²) in [6, 6.07) is 10.6. The van der Waals surface area contributed by atoms with Gasteiger partial charge in [0.25, 0.3) is 5.91 Å². The molecule has 206 valence electrons. The highest BCUT2D eigenvalue weighted by Crippen LogP contribution is 2.49. The number of hydrogen-bond acceptors (Lipinski definition) is 5. The van der Waals surface area contributed by atoms with Crippen LogP contribution < -0.4 is 19.9 Å². The lowest BCUT2D eigenvalue weighted by molar-refractivity contribution is -0.137. The zero-order valence-electron chi connectivity index (χ0n) is 21.8. The van der Waals surface area contributed by atoms with Crippen LogP contribution in [0.2, 0.25) is 0 Å². The van der Waals surface area contributed by atoms with Crippen molar-refractivity contribution in [3.63, 3.8) is 0 Å². The maximum atomic E-state index is 13.8. The number of thiocarbonyl (C=S) groups is 1. The van der Waals surface area contributed by atoms with Gasteiger partial charge in [-0.15, -0.1) is 0 Å². The molecule has 2 aliphatic heterocycles. The minimum Gasteiger partial charge on any atom is -0.493 e.